The van der Waals surface area contributed by atoms with E-state index in [1.54, 1.807) is 41.3 Å². The van der Waals surface area contributed by atoms with E-state index in [0.717, 1.165) is 24.8 Å². The number of pyridine rings is 1. The lowest BCUT2D eigenvalue weighted by molar-refractivity contribution is -0.0528. The number of H-pyrrole nitrogens is 1. The number of carbonyl (C=O) groups excluding carboxylic acids is 1. The van der Waals surface area contributed by atoms with Crippen molar-refractivity contribution in [2.75, 3.05) is 11.9 Å². The van der Waals surface area contributed by atoms with Crippen molar-refractivity contribution in [3.05, 3.63) is 54.4 Å². The molecule has 3 N–H and O–H groups in total. The van der Waals surface area contributed by atoms with Gasteiger partial charge in [0.2, 0.25) is 5.95 Å². The number of nitrogens with zero attached hydrogens (tertiary/aromatic N) is 6. The number of nitriles is 1. The summed E-state index contributed by atoms with van der Waals surface area (Å²) in [5, 5.41) is 22.4. The minimum atomic E-state index is -1.56. The summed E-state index contributed by atoms with van der Waals surface area (Å²) in [5.74, 6) is 1.42. The number of alkyl carbamates (subject to hydrolysis) is 1. The number of alkyl halides is 1. The molecule has 13 heteroatoms. The molecule has 0 aromatic carbocycles. The highest BCUT2D eigenvalue weighted by Gasteiger charge is 2.58. The first-order valence-electron chi connectivity index (χ1n) is 12.3. The Morgan fingerprint density at radius 3 is 2.95 bits per heavy atom. The van der Waals surface area contributed by atoms with Crippen LogP contribution in [0.1, 0.15) is 36.8 Å². The van der Waals surface area contributed by atoms with Gasteiger partial charge in [0, 0.05) is 41.3 Å². The normalized spacial score (nSPS) is 27.3. The summed E-state index contributed by atoms with van der Waals surface area (Å²) in [5.41, 5.74) is 2.49. The maximum absolute atomic E-state index is 15.2. The Balaban J connectivity index is 1.07. The maximum atomic E-state index is 15.2. The van der Waals surface area contributed by atoms with E-state index in [9.17, 15) is 10.1 Å². The highest BCUT2D eigenvalue weighted by molar-refractivity contribution is 5.78. The van der Waals surface area contributed by atoms with E-state index >= 15 is 4.39 Å². The van der Waals surface area contributed by atoms with Gasteiger partial charge in [-0.25, -0.2) is 19.2 Å². The molecule has 4 fully saturated rings. The van der Waals surface area contributed by atoms with Crippen molar-refractivity contribution in [3.63, 3.8) is 0 Å². The molecule has 3 aliphatic carbocycles. The zero-order valence-corrected chi connectivity index (χ0v) is 20.0. The number of amides is 1. The number of ether oxygens (including phenoxy) is 2. The topological polar surface area (TPSA) is 155 Å². The van der Waals surface area contributed by atoms with Crippen LogP contribution in [-0.4, -0.2) is 60.1 Å². The minimum Gasteiger partial charge on any atom is -0.441 e. The van der Waals surface area contributed by atoms with Crippen molar-refractivity contribution < 1.29 is 18.7 Å². The van der Waals surface area contributed by atoms with Crippen molar-refractivity contribution >= 4 is 23.5 Å². The molecule has 12 nitrogen and oxygen atoms in total. The first-order valence-corrected chi connectivity index (χ1v) is 12.3. The summed E-state index contributed by atoms with van der Waals surface area (Å²) in [6.45, 7) is -0.0549. The van der Waals surface area contributed by atoms with Crippen LogP contribution in [0.5, 0.6) is 0 Å². The lowest BCUT2D eigenvalue weighted by Crippen LogP contribution is -2.68. The van der Waals surface area contributed by atoms with Crippen molar-refractivity contribution in [1.29, 1.82) is 5.26 Å². The molecule has 4 aromatic heterocycles. The number of rotatable bonds is 6. The van der Waals surface area contributed by atoms with Gasteiger partial charge in [0.05, 0.1) is 18.5 Å². The Morgan fingerprint density at radius 2 is 2.21 bits per heavy atom. The number of nitrogens with one attached hydrogen (secondary N) is 3. The second-order valence-corrected chi connectivity index (χ2v) is 10.0. The number of hydrogen-bond donors (Lipinski definition) is 3. The smallest absolute Gasteiger partial charge is 0.408 e. The van der Waals surface area contributed by atoms with Gasteiger partial charge < -0.3 is 20.1 Å². The van der Waals surface area contributed by atoms with Gasteiger partial charge in [-0.2, -0.15) is 10.4 Å². The average Bonchev–Trinajstić information content (AvgIpc) is 3.61. The molecule has 1 saturated heterocycles. The van der Waals surface area contributed by atoms with Gasteiger partial charge in [0.25, 0.3) is 0 Å². The van der Waals surface area contributed by atoms with E-state index in [1.165, 1.54) is 0 Å². The Hall–Kier alpha value is -4.57. The third kappa shape index (κ3) is 3.72. The summed E-state index contributed by atoms with van der Waals surface area (Å²) in [7, 11) is 0. The first kappa shape index (κ1) is 22.6. The van der Waals surface area contributed by atoms with Gasteiger partial charge in [-0.1, -0.05) is 6.07 Å². The number of aromatic amines is 1. The molecule has 38 heavy (non-hydrogen) atoms. The molecule has 192 valence electrons. The molecule has 1 aliphatic heterocycles. The van der Waals surface area contributed by atoms with Gasteiger partial charge >= 0.3 is 6.09 Å². The van der Waals surface area contributed by atoms with Crippen LogP contribution >= 0.6 is 0 Å². The Kier molecular flexibility index (Phi) is 5.05. The fraction of sp³-hybridized carbons (Fsp3) is 0.360. The van der Waals surface area contributed by atoms with Gasteiger partial charge in [0.1, 0.15) is 12.2 Å². The van der Waals surface area contributed by atoms with E-state index in [2.05, 4.69) is 35.8 Å². The van der Waals surface area contributed by atoms with Crippen LogP contribution in [-0.2, 0) is 9.47 Å². The van der Waals surface area contributed by atoms with Gasteiger partial charge in [0.15, 0.2) is 29.4 Å². The van der Waals surface area contributed by atoms with Crippen LogP contribution < -0.4 is 10.6 Å². The summed E-state index contributed by atoms with van der Waals surface area (Å²) in [4.78, 5) is 25.3. The number of fused-ring (bicyclic) bond motifs is 1. The Bertz CT molecular complexity index is 1560. The monoisotopic (exact) mass is 515 g/mol. The van der Waals surface area contributed by atoms with Gasteiger partial charge in [-0.05, 0) is 31.2 Å². The third-order valence-electron chi connectivity index (χ3n) is 7.47. The highest BCUT2D eigenvalue weighted by atomic mass is 19.1. The molecule has 5 heterocycles. The molecule has 0 unspecified atom stereocenters. The number of anilines is 2. The molecule has 8 rings (SSSR count). The predicted octanol–water partition coefficient (Wildman–Crippen LogP) is 3.19. The highest BCUT2D eigenvalue weighted by Crippen LogP contribution is 2.57. The molecule has 4 aliphatic rings. The SMILES string of the molecule is N#Cc1cn2c(Nc3cc([C@@H]4OC[C@H](OC(=O)NC56CC(C5)C6)[C@H]4F)[nH]n3)ncc(-c3cccnc3)c2n1. The van der Waals surface area contributed by atoms with Crippen molar-refractivity contribution in [3.8, 4) is 17.2 Å². The van der Waals surface area contributed by atoms with E-state index in [4.69, 9.17) is 9.47 Å². The van der Waals surface area contributed by atoms with Crippen LogP contribution in [0.15, 0.2) is 43.0 Å². The molecule has 4 aromatic rings. The molecular formula is C25H22FN9O3. The number of carbonyl (C=O) groups is 1. The zero-order chi connectivity index (χ0) is 25.9. The van der Waals surface area contributed by atoms with Crippen LogP contribution in [0.3, 0.4) is 0 Å². The molecular weight excluding hydrogens is 493 g/mol. The lowest BCUT2D eigenvalue weighted by Gasteiger charge is -2.61. The second kappa shape index (κ2) is 8.49. The predicted molar refractivity (Wildman–Crippen MR) is 130 cm³/mol. The molecule has 1 amide bonds. The summed E-state index contributed by atoms with van der Waals surface area (Å²) in [6, 6.07) is 7.33. The molecule has 2 bridgehead atoms. The zero-order valence-electron chi connectivity index (χ0n) is 20.0. The van der Waals surface area contributed by atoms with E-state index < -0.39 is 24.5 Å². The molecule has 3 atom stereocenters. The summed E-state index contributed by atoms with van der Waals surface area (Å²) in [6.07, 6.45) is 5.33. The van der Waals surface area contributed by atoms with Crippen LogP contribution in [0.25, 0.3) is 16.8 Å². The van der Waals surface area contributed by atoms with Gasteiger partial charge in [-0.3, -0.25) is 14.5 Å². The van der Waals surface area contributed by atoms with E-state index in [0.29, 0.717) is 34.6 Å². The van der Waals surface area contributed by atoms with E-state index in [1.807, 2.05) is 12.1 Å². The Morgan fingerprint density at radius 1 is 1.34 bits per heavy atom. The maximum Gasteiger partial charge on any atom is 0.408 e. The van der Waals surface area contributed by atoms with Crippen molar-refractivity contribution in [2.45, 2.75) is 43.2 Å². The average molecular weight is 516 g/mol. The second-order valence-electron chi connectivity index (χ2n) is 10.0. The lowest BCUT2D eigenvalue weighted by atomic mass is 9.50. The van der Waals surface area contributed by atoms with Crippen molar-refractivity contribution in [2.24, 2.45) is 5.92 Å². The first-order chi connectivity index (χ1) is 18.5. The van der Waals surface area contributed by atoms with Crippen LogP contribution in [0.2, 0.25) is 0 Å². The van der Waals surface area contributed by atoms with Gasteiger partial charge in [-0.15, -0.1) is 0 Å². The summed E-state index contributed by atoms with van der Waals surface area (Å²) < 4.78 is 27.8. The van der Waals surface area contributed by atoms with Crippen LogP contribution in [0, 0.1) is 17.2 Å². The number of hydrogen-bond acceptors (Lipinski definition) is 9. The Labute approximate surface area is 215 Å². The fourth-order valence-electron chi connectivity index (χ4n) is 5.46. The fourth-order valence-corrected chi connectivity index (χ4v) is 5.46. The van der Waals surface area contributed by atoms with Crippen molar-refractivity contribution in [1.82, 2.24) is 34.9 Å². The molecule has 0 radical (unpaired) electrons. The molecule has 0 spiro atoms. The largest absolute Gasteiger partial charge is 0.441 e. The summed E-state index contributed by atoms with van der Waals surface area (Å²) >= 11 is 0. The molecule has 3 saturated carbocycles. The van der Waals surface area contributed by atoms with Crippen LogP contribution in [0.4, 0.5) is 21.0 Å². The number of aromatic nitrogens is 6. The number of imidazole rings is 1. The quantitative estimate of drug-likeness (QED) is 0.351. The third-order valence-corrected chi connectivity index (χ3v) is 7.47. The number of halogens is 1. The minimum absolute atomic E-state index is 0.0549. The standard InChI is InChI=1S/C25H22FN9O3/c26-20-18(38-24(36)32-25-5-13(6-25)7-25)12-37-21(20)17-4-19(34-33-17)31-23-29-10-16(14-2-1-3-28-9-14)22-30-15(8-27)11-35(22)23/h1-4,9-11,13,18,20-21H,5-7,12H2,(H,32,36)(H2,29,31,33,34)/t13?,18-,20+,21-,25?/m0/s1. The van der Waals surface area contributed by atoms with E-state index in [-0.39, 0.29) is 17.8 Å².